The first-order chi connectivity index (χ1) is 11.1. The molecule has 0 N–H and O–H groups in total. The number of thiophene rings is 1. The summed E-state index contributed by atoms with van der Waals surface area (Å²) in [6.07, 6.45) is 1.98. The van der Waals surface area contributed by atoms with Gasteiger partial charge in [-0.2, -0.15) is 0 Å². The fraction of sp³-hybridized carbons (Fsp3) is 0.389. The molecule has 122 valence electrons. The fourth-order valence-corrected chi connectivity index (χ4v) is 3.35. The number of carbonyl (C=O) groups is 1. The van der Waals surface area contributed by atoms with Crippen molar-refractivity contribution in [3.63, 3.8) is 0 Å². The second-order valence-corrected chi connectivity index (χ2v) is 6.79. The van der Waals surface area contributed by atoms with E-state index in [1.807, 2.05) is 65.0 Å². The van der Waals surface area contributed by atoms with Crippen molar-refractivity contribution in [2.45, 2.75) is 18.9 Å². The third kappa shape index (κ3) is 3.85. The molecular weight excluding hydrogens is 308 g/mol. The molecule has 2 aromatic rings. The van der Waals surface area contributed by atoms with E-state index in [0.29, 0.717) is 0 Å². The maximum atomic E-state index is 12.7. The molecule has 4 nitrogen and oxygen atoms in total. The number of piperidine rings is 1. The monoisotopic (exact) mass is 330 g/mol. The maximum Gasteiger partial charge on any atom is 0.253 e. The standard InChI is InChI=1S/C18H22N2O2S/c1-19(2)15-5-3-4-14(12-15)18(21)20-9-6-16(7-10-20)22-17-8-11-23-13-17/h3-5,8,11-13,16H,6-7,9-10H2,1-2H3. The van der Waals surface area contributed by atoms with Crippen LogP contribution < -0.4 is 9.64 Å². The molecule has 1 aliphatic rings. The van der Waals surface area contributed by atoms with Gasteiger partial charge in [-0.3, -0.25) is 4.79 Å². The molecular formula is C18H22N2O2S. The molecule has 5 heteroatoms. The summed E-state index contributed by atoms with van der Waals surface area (Å²) in [5, 5.41) is 4.04. The summed E-state index contributed by atoms with van der Waals surface area (Å²) in [6.45, 7) is 1.50. The molecule has 0 aliphatic carbocycles. The van der Waals surface area contributed by atoms with Crippen LogP contribution in [0.3, 0.4) is 0 Å². The van der Waals surface area contributed by atoms with Crippen LogP contribution in [0.2, 0.25) is 0 Å². The molecule has 0 atom stereocenters. The van der Waals surface area contributed by atoms with Crippen LogP contribution >= 0.6 is 11.3 Å². The number of nitrogens with zero attached hydrogens (tertiary/aromatic N) is 2. The summed E-state index contributed by atoms with van der Waals surface area (Å²) in [4.78, 5) is 16.6. The molecule has 1 aromatic heterocycles. The Kier molecular flexibility index (Phi) is 4.86. The Bertz CT molecular complexity index is 647. The van der Waals surface area contributed by atoms with E-state index in [0.717, 1.165) is 42.9 Å². The minimum atomic E-state index is 0.114. The quantitative estimate of drug-likeness (QED) is 0.860. The molecule has 0 radical (unpaired) electrons. The number of anilines is 1. The van der Waals surface area contributed by atoms with Gasteiger partial charge in [-0.1, -0.05) is 6.07 Å². The molecule has 1 aromatic carbocycles. The van der Waals surface area contributed by atoms with Gasteiger partial charge >= 0.3 is 0 Å². The van der Waals surface area contributed by atoms with Crippen LogP contribution in [0, 0.1) is 0 Å². The van der Waals surface area contributed by atoms with Gasteiger partial charge in [0.1, 0.15) is 11.9 Å². The smallest absolute Gasteiger partial charge is 0.253 e. The van der Waals surface area contributed by atoms with Crippen LogP contribution in [0.4, 0.5) is 5.69 Å². The number of ether oxygens (including phenoxy) is 1. The normalized spacial score (nSPS) is 15.5. The molecule has 2 heterocycles. The van der Waals surface area contributed by atoms with Gasteiger partial charge in [0.2, 0.25) is 0 Å². The van der Waals surface area contributed by atoms with Crippen molar-refractivity contribution in [1.29, 1.82) is 0 Å². The highest BCUT2D eigenvalue weighted by molar-refractivity contribution is 7.08. The van der Waals surface area contributed by atoms with E-state index >= 15 is 0 Å². The van der Waals surface area contributed by atoms with E-state index in [1.165, 1.54) is 0 Å². The van der Waals surface area contributed by atoms with Gasteiger partial charge in [-0.05, 0) is 29.6 Å². The van der Waals surface area contributed by atoms with Crippen LogP contribution in [-0.4, -0.2) is 44.1 Å². The van der Waals surface area contributed by atoms with Crippen LogP contribution in [0.1, 0.15) is 23.2 Å². The van der Waals surface area contributed by atoms with Gasteiger partial charge in [0.05, 0.1) is 0 Å². The summed E-state index contributed by atoms with van der Waals surface area (Å²) in [6, 6.07) is 9.79. The van der Waals surface area contributed by atoms with Crippen LogP contribution in [-0.2, 0) is 0 Å². The number of amides is 1. The molecule has 23 heavy (non-hydrogen) atoms. The fourth-order valence-electron chi connectivity index (χ4n) is 2.79. The SMILES string of the molecule is CN(C)c1cccc(C(=O)N2CCC(Oc3ccsc3)CC2)c1. The molecule has 1 fully saturated rings. The van der Waals surface area contributed by atoms with Crippen LogP contribution in [0.15, 0.2) is 41.1 Å². The van der Waals surface area contributed by atoms with Gasteiger partial charge in [-0.25, -0.2) is 0 Å². The third-order valence-corrected chi connectivity index (χ3v) is 4.80. The zero-order chi connectivity index (χ0) is 16.2. The highest BCUT2D eigenvalue weighted by Gasteiger charge is 2.25. The Balaban J connectivity index is 1.58. The van der Waals surface area contributed by atoms with Crippen molar-refractivity contribution in [3.8, 4) is 5.75 Å². The minimum Gasteiger partial charge on any atom is -0.489 e. The van der Waals surface area contributed by atoms with Gasteiger partial charge in [0.15, 0.2) is 0 Å². The summed E-state index contributed by atoms with van der Waals surface area (Å²) in [5.41, 5.74) is 1.81. The molecule has 0 unspecified atom stereocenters. The summed E-state index contributed by atoms with van der Waals surface area (Å²) in [5.74, 6) is 1.06. The molecule has 0 saturated carbocycles. The Hall–Kier alpha value is -2.01. The van der Waals surface area contributed by atoms with Gasteiger partial charge < -0.3 is 14.5 Å². The Labute approximate surface area is 141 Å². The number of rotatable bonds is 4. The maximum absolute atomic E-state index is 12.7. The van der Waals surface area contributed by atoms with Crippen molar-refractivity contribution in [3.05, 3.63) is 46.7 Å². The predicted molar refractivity (Wildman–Crippen MR) is 94.6 cm³/mol. The van der Waals surface area contributed by atoms with Crippen molar-refractivity contribution in [2.24, 2.45) is 0 Å². The summed E-state index contributed by atoms with van der Waals surface area (Å²) in [7, 11) is 3.97. The molecule has 1 amide bonds. The Morgan fingerprint density at radius 3 is 2.70 bits per heavy atom. The highest BCUT2D eigenvalue weighted by atomic mass is 32.1. The lowest BCUT2D eigenvalue weighted by atomic mass is 10.1. The number of likely N-dealkylation sites (tertiary alicyclic amines) is 1. The molecule has 1 saturated heterocycles. The Morgan fingerprint density at radius 1 is 1.26 bits per heavy atom. The average molecular weight is 330 g/mol. The second kappa shape index (κ2) is 7.04. The number of hydrogen-bond donors (Lipinski definition) is 0. The average Bonchev–Trinajstić information content (AvgIpc) is 3.08. The van der Waals surface area contributed by atoms with Gasteiger partial charge in [0, 0.05) is 56.7 Å². The number of carbonyl (C=O) groups excluding carboxylic acids is 1. The van der Waals surface area contributed by atoms with E-state index in [9.17, 15) is 4.79 Å². The molecule has 0 bridgehead atoms. The van der Waals surface area contributed by atoms with E-state index in [-0.39, 0.29) is 12.0 Å². The molecule has 1 aliphatic heterocycles. The molecule has 0 spiro atoms. The third-order valence-electron chi connectivity index (χ3n) is 4.14. The largest absolute Gasteiger partial charge is 0.489 e. The first kappa shape index (κ1) is 15.9. The zero-order valence-electron chi connectivity index (χ0n) is 13.6. The lowest BCUT2D eigenvalue weighted by Crippen LogP contribution is -2.41. The number of hydrogen-bond acceptors (Lipinski definition) is 4. The summed E-state index contributed by atoms with van der Waals surface area (Å²) >= 11 is 1.64. The summed E-state index contributed by atoms with van der Waals surface area (Å²) < 4.78 is 5.95. The van der Waals surface area contributed by atoms with E-state index in [4.69, 9.17) is 4.74 Å². The van der Waals surface area contributed by atoms with Crippen molar-refractivity contribution < 1.29 is 9.53 Å². The lowest BCUT2D eigenvalue weighted by Gasteiger charge is -2.32. The van der Waals surface area contributed by atoms with Gasteiger partial charge in [-0.15, -0.1) is 11.3 Å². The van der Waals surface area contributed by atoms with Crippen molar-refractivity contribution in [1.82, 2.24) is 4.90 Å². The van der Waals surface area contributed by atoms with Crippen LogP contribution in [0.25, 0.3) is 0 Å². The second-order valence-electron chi connectivity index (χ2n) is 6.01. The minimum absolute atomic E-state index is 0.114. The van der Waals surface area contributed by atoms with Crippen LogP contribution in [0.5, 0.6) is 5.75 Å². The number of benzene rings is 1. The zero-order valence-corrected chi connectivity index (χ0v) is 14.4. The van der Waals surface area contributed by atoms with Crippen molar-refractivity contribution in [2.75, 3.05) is 32.1 Å². The van der Waals surface area contributed by atoms with Crippen molar-refractivity contribution >= 4 is 22.9 Å². The predicted octanol–water partition coefficient (Wildman–Crippen LogP) is 3.50. The Morgan fingerprint density at radius 2 is 2.04 bits per heavy atom. The molecule has 3 rings (SSSR count). The first-order valence-corrected chi connectivity index (χ1v) is 8.83. The van der Waals surface area contributed by atoms with E-state index in [2.05, 4.69) is 0 Å². The van der Waals surface area contributed by atoms with E-state index < -0.39 is 0 Å². The topological polar surface area (TPSA) is 32.8 Å². The lowest BCUT2D eigenvalue weighted by molar-refractivity contribution is 0.0596. The van der Waals surface area contributed by atoms with Gasteiger partial charge in [0.25, 0.3) is 5.91 Å². The first-order valence-electron chi connectivity index (χ1n) is 7.89. The highest BCUT2D eigenvalue weighted by Crippen LogP contribution is 2.23. The van der Waals surface area contributed by atoms with E-state index in [1.54, 1.807) is 11.3 Å².